The minimum Gasteiger partial charge on any atom is -0.316 e. The van der Waals surface area contributed by atoms with E-state index in [1.54, 1.807) is 0 Å². The summed E-state index contributed by atoms with van der Waals surface area (Å²) in [5, 5.41) is 0. The summed E-state index contributed by atoms with van der Waals surface area (Å²) in [6.45, 7) is 30.0. The Morgan fingerprint density at radius 2 is 0.687 bits per heavy atom. The minimum absolute atomic E-state index is 0. The predicted octanol–water partition coefficient (Wildman–Crippen LogP) is 14.6. The molecule has 3 heteroatoms. The van der Waals surface area contributed by atoms with E-state index in [-0.39, 0.29) is 37.0 Å². The summed E-state index contributed by atoms with van der Waals surface area (Å²) in [4.78, 5) is 4.89. The molecule has 0 spiro atoms. The summed E-state index contributed by atoms with van der Waals surface area (Å²) >= 11 is 0. The van der Waals surface area contributed by atoms with E-state index in [1.807, 2.05) is 60.7 Å². The molecule has 67 heavy (non-hydrogen) atoms. The SMILES string of the molecule is [CH2-]c1c(CN(CCN(C)C)Cc2cc(C)cc(C3(C)c4ccccc4-c4ccccc43)c2[CH2-])cc(C)cc1C1(C)c2ccccc2-c2ccccc21.[CH2-]c1ccccc1.[CH2-]c1ccccc1.[Zr]. The summed E-state index contributed by atoms with van der Waals surface area (Å²) in [6, 6.07) is 65.0. The molecule has 0 aliphatic heterocycles. The standard InChI is InChI=1S/C50H50N2.2C7H7.Zr/c1-33-27-37(35(3)47(29-33)49(5)43-21-13-9-17-39(43)40-18-10-14-22-44(40)49)31-52(26-25-51(7)8)32-38-28-34(2)30-48(36(38)4)50(6)45-23-15-11-19-41(45)42-20-12-16-24-46(42)50;2*1-7-5-3-2-4-6-7;/h9-24,27-30H,3-4,25-26,31-32H2,1-2,5-8H3;2*2-6H,1H2;/q-2;2*-1;. The van der Waals surface area contributed by atoms with Gasteiger partial charge >= 0.3 is 0 Å². The first-order valence-corrected chi connectivity index (χ1v) is 23.2. The molecule has 0 aromatic heterocycles. The number of aryl methyl sites for hydroxylation is 2. The number of rotatable bonds is 9. The average molecular weight is 952 g/mol. The first-order chi connectivity index (χ1) is 31.8. The van der Waals surface area contributed by atoms with E-state index < -0.39 is 0 Å². The zero-order valence-electron chi connectivity index (χ0n) is 40.4. The van der Waals surface area contributed by atoms with E-state index in [1.165, 1.54) is 77.9 Å². The van der Waals surface area contributed by atoms with Crippen LogP contribution in [0.15, 0.2) is 182 Å². The molecule has 0 saturated heterocycles. The molecule has 2 nitrogen and oxygen atoms in total. The van der Waals surface area contributed by atoms with Crippen LogP contribution in [0.2, 0.25) is 0 Å². The molecule has 0 N–H and O–H groups in total. The molecule has 8 aromatic carbocycles. The quantitative estimate of drug-likeness (QED) is 0.133. The average Bonchev–Trinajstić information content (AvgIpc) is 3.74. The molecular formula is C64H64N2Zr-4. The third-order valence-electron chi connectivity index (χ3n) is 13.8. The van der Waals surface area contributed by atoms with Crippen LogP contribution in [-0.2, 0) is 50.1 Å². The van der Waals surface area contributed by atoms with Gasteiger partial charge in [0.25, 0.3) is 0 Å². The molecule has 0 saturated carbocycles. The van der Waals surface area contributed by atoms with Crippen molar-refractivity contribution in [3.8, 4) is 22.3 Å². The van der Waals surface area contributed by atoms with E-state index >= 15 is 0 Å². The topological polar surface area (TPSA) is 6.48 Å². The van der Waals surface area contributed by atoms with Gasteiger partial charge in [-0.3, -0.25) is 0 Å². The summed E-state index contributed by atoms with van der Waals surface area (Å²) in [7, 11) is 4.33. The molecule has 0 fully saturated rings. The fourth-order valence-corrected chi connectivity index (χ4v) is 10.4. The van der Waals surface area contributed by atoms with Gasteiger partial charge in [0.15, 0.2) is 0 Å². The largest absolute Gasteiger partial charge is 0.316 e. The molecular weight excluding hydrogens is 888 g/mol. The first kappa shape index (κ1) is 49.0. The van der Waals surface area contributed by atoms with Crippen LogP contribution in [0.3, 0.4) is 0 Å². The number of fused-ring (bicyclic) bond motifs is 6. The Bertz CT molecular complexity index is 2660. The molecule has 2 aliphatic carbocycles. The molecule has 0 atom stereocenters. The van der Waals surface area contributed by atoms with Gasteiger partial charge < -0.3 is 9.80 Å². The van der Waals surface area contributed by atoms with Crippen molar-refractivity contribution in [3.05, 3.63) is 288 Å². The molecule has 8 aromatic rings. The Morgan fingerprint density at radius 1 is 0.388 bits per heavy atom. The maximum Gasteiger partial charge on any atom is 0.0103 e. The predicted molar refractivity (Wildman–Crippen MR) is 281 cm³/mol. The zero-order chi connectivity index (χ0) is 46.6. The Balaban J connectivity index is 0.000000380. The van der Waals surface area contributed by atoms with Gasteiger partial charge in [0.2, 0.25) is 0 Å². The summed E-state index contributed by atoms with van der Waals surface area (Å²) in [6.07, 6.45) is 0. The summed E-state index contributed by atoms with van der Waals surface area (Å²) < 4.78 is 0. The molecule has 338 valence electrons. The third-order valence-corrected chi connectivity index (χ3v) is 13.8. The van der Waals surface area contributed by atoms with E-state index in [2.05, 4.69) is 187 Å². The summed E-state index contributed by atoms with van der Waals surface area (Å²) in [5.74, 6) is 0. The van der Waals surface area contributed by atoms with Gasteiger partial charge in [0.05, 0.1) is 0 Å². The van der Waals surface area contributed by atoms with Gasteiger partial charge in [-0.1, -0.05) is 134 Å². The molecule has 0 heterocycles. The monoisotopic (exact) mass is 950 g/mol. The number of hydrogen-bond donors (Lipinski definition) is 0. The van der Waals surface area contributed by atoms with E-state index in [0.29, 0.717) is 0 Å². The van der Waals surface area contributed by atoms with E-state index in [4.69, 9.17) is 13.8 Å². The van der Waals surface area contributed by atoms with Crippen molar-refractivity contribution in [1.82, 2.24) is 9.80 Å². The smallest absolute Gasteiger partial charge is 0.0103 e. The van der Waals surface area contributed by atoms with Crippen LogP contribution >= 0.6 is 0 Å². The van der Waals surface area contributed by atoms with Gasteiger partial charge in [-0.2, -0.15) is 74.2 Å². The van der Waals surface area contributed by atoms with Gasteiger partial charge in [-0.05, 0) is 96.4 Å². The van der Waals surface area contributed by atoms with Crippen molar-refractivity contribution >= 4 is 0 Å². The molecule has 2 aliphatic rings. The molecule has 0 amide bonds. The maximum atomic E-state index is 4.85. The van der Waals surface area contributed by atoms with Crippen molar-refractivity contribution < 1.29 is 26.2 Å². The second-order valence-electron chi connectivity index (χ2n) is 18.8. The first-order valence-electron chi connectivity index (χ1n) is 23.2. The number of hydrogen-bond acceptors (Lipinski definition) is 2. The Morgan fingerprint density at radius 3 is 0.970 bits per heavy atom. The minimum atomic E-state index is -0.283. The summed E-state index contributed by atoms with van der Waals surface area (Å²) in [5.41, 5.74) is 22.3. The Labute approximate surface area is 421 Å². The fourth-order valence-electron chi connectivity index (χ4n) is 10.4. The van der Waals surface area contributed by atoms with Gasteiger partial charge in [0.1, 0.15) is 0 Å². The fraction of sp³-hybridized carbons (Fsp3) is 0.188. The van der Waals surface area contributed by atoms with Crippen molar-refractivity contribution in [2.75, 3.05) is 27.2 Å². The maximum absolute atomic E-state index is 4.85. The molecule has 0 bridgehead atoms. The van der Waals surface area contributed by atoms with Crippen LogP contribution in [0.4, 0.5) is 0 Å². The van der Waals surface area contributed by atoms with Crippen LogP contribution in [0, 0.1) is 41.5 Å². The van der Waals surface area contributed by atoms with Crippen LogP contribution < -0.4 is 0 Å². The molecule has 0 radical (unpaired) electrons. The molecule has 10 rings (SSSR count). The number of nitrogens with zero attached hydrogens (tertiary/aromatic N) is 2. The van der Waals surface area contributed by atoms with E-state index in [0.717, 1.165) is 48.4 Å². The Kier molecular flexibility index (Phi) is 15.3. The van der Waals surface area contributed by atoms with Crippen LogP contribution in [0.1, 0.15) is 91.7 Å². The van der Waals surface area contributed by atoms with Crippen molar-refractivity contribution in [3.63, 3.8) is 0 Å². The van der Waals surface area contributed by atoms with Gasteiger partial charge in [0, 0.05) is 39.3 Å². The van der Waals surface area contributed by atoms with Crippen molar-refractivity contribution in [2.24, 2.45) is 0 Å². The second kappa shape index (κ2) is 20.9. The van der Waals surface area contributed by atoms with Gasteiger partial charge in [-0.15, -0.1) is 70.8 Å². The normalized spacial score (nSPS) is 13.2. The van der Waals surface area contributed by atoms with Crippen LogP contribution in [-0.4, -0.2) is 37.0 Å². The molecule has 0 unspecified atom stereocenters. The van der Waals surface area contributed by atoms with E-state index in [9.17, 15) is 0 Å². The Hall–Kier alpha value is -5.96. The number of benzene rings is 8. The van der Waals surface area contributed by atoms with Crippen molar-refractivity contribution in [1.29, 1.82) is 0 Å². The second-order valence-corrected chi connectivity index (χ2v) is 18.8. The third kappa shape index (κ3) is 9.89. The van der Waals surface area contributed by atoms with Crippen molar-refractivity contribution in [2.45, 2.75) is 51.6 Å². The van der Waals surface area contributed by atoms with Crippen LogP contribution in [0.25, 0.3) is 22.3 Å². The number of likely N-dealkylation sites (N-methyl/N-ethyl adjacent to an activating group) is 1. The zero-order valence-corrected chi connectivity index (χ0v) is 42.8. The van der Waals surface area contributed by atoms with Crippen LogP contribution in [0.5, 0.6) is 0 Å². The van der Waals surface area contributed by atoms with Gasteiger partial charge in [-0.25, -0.2) is 0 Å².